The molecule has 84 heavy (non-hydrogen) atoms. The Labute approximate surface area is 480 Å². The van der Waals surface area contributed by atoms with Crippen LogP contribution in [-0.4, -0.2) is 355 Å². The molecule has 6 saturated heterocycles. The Kier molecular flexibility index (Phi) is 28.0. The normalized spacial score (nSPS) is 44.8. The molecule has 35 heteroatoms. The molecule has 2 amide bonds. The Morgan fingerprint density at radius 2 is 0.714 bits per heavy atom. The lowest BCUT2D eigenvalue weighted by Crippen LogP contribution is -2.68. The Balaban J connectivity index is 1.08. The van der Waals surface area contributed by atoms with Crippen LogP contribution in [0.2, 0.25) is 0 Å². The topological polar surface area (TPSA) is 531 Å². The Morgan fingerprint density at radius 1 is 0.381 bits per heavy atom. The summed E-state index contributed by atoms with van der Waals surface area (Å²) in [5.74, 6) is -1.36. The molecule has 0 radical (unpaired) electrons. The molecule has 6 aliphatic rings. The summed E-state index contributed by atoms with van der Waals surface area (Å²) in [6, 6.07) is -2.88. The van der Waals surface area contributed by atoms with E-state index in [1.54, 1.807) is 0 Å². The van der Waals surface area contributed by atoms with Crippen molar-refractivity contribution in [2.45, 2.75) is 211 Å². The largest absolute Gasteiger partial charge is 0.394 e. The number of hydrogen-bond acceptors (Lipinski definition) is 33. The van der Waals surface area contributed by atoms with Crippen molar-refractivity contribution in [3.8, 4) is 0 Å². The average Bonchev–Trinajstić information content (AvgIpc) is 2.56. The van der Waals surface area contributed by atoms with Crippen molar-refractivity contribution in [1.29, 1.82) is 0 Å². The molecule has 0 saturated carbocycles. The van der Waals surface area contributed by atoms with E-state index in [0.29, 0.717) is 0 Å². The maximum atomic E-state index is 12.5. The van der Waals surface area contributed by atoms with E-state index in [4.69, 9.17) is 66.3 Å². The van der Waals surface area contributed by atoms with E-state index in [1.807, 2.05) is 0 Å². The van der Waals surface area contributed by atoms with Crippen LogP contribution in [0.4, 0.5) is 0 Å². The highest BCUT2D eigenvalue weighted by Crippen LogP contribution is 2.34. The number of rotatable bonds is 29. The van der Waals surface area contributed by atoms with Crippen molar-refractivity contribution in [3.63, 3.8) is 0 Å². The molecule has 0 aromatic rings. The summed E-state index contributed by atoms with van der Waals surface area (Å²) in [6.45, 7) is 0.0894. The van der Waals surface area contributed by atoms with Crippen LogP contribution in [0.25, 0.3) is 0 Å². The van der Waals surface area contributed by atoms with Crippen molar-refractivity contribution in [2.24, 2.45) is 0 Å². The predicted molar refractivity (Wildman–Crippen MR) is 267 cm³/mol. The fourth-order valence-electron chi connectivity index (χ4n) is 10.3. The zero-order valence-corrected chi connectivity index (χ0v) is 45.9. The van der Waals surface area contributed by atoms with Crippen molar-refractivity contribution in [2.75, 3.05) is 72.7 Å². The first kappa shape index (κ1) is 70.5. The second kappa shape index (κ2) is 33.3. The van der Waals surface area contributed by atoms with Gasteiger partial charge in [0.05, 0.1) is 59.5 Å². The molecule has 19 N–H and O–H groups in total. The average molecular weight is 1230 g/mol. The van der Waals surface area contributed by atoms with E-state index in [9.17, 15) is 96.4 Å². The number of aliphatic hydroxyl groups excluding tert-OH is 17. The lowest BCUT2D eigenvalue weighted by molar-refractivity contribution is -0.357. The van der Waals surface area contributed by atoms with Crippen LogP contribution < -0.4 is 10.6 Å². The minimum absolute atomic E-state index is 0.0141. The first-order chi connectivity index (χ1) is 40.0. The minimum atomic E-state index is -2.00. The molecule has 0 unspecified atom stereocenters. The summed E-state index contributed by atoms with van der Waals surface area (Å²) in [5.41, 5.74) is 0. The van der Waals surface area contributed by atoms with Gasteiger partial charge in [-0.3, -0.25) is 9.59 Å². The van der Waals surface area contributed by atoms with Crippen LogP contribution in [0.5, 0.6) is 0 Å². The number of hydrogen-bond donors (Lipinski definition) is 19. The molecular formula is C49H84N2O33. The third kappa shape index (κ3) is 17.2. The molecule has 6 heterocycles. The highest BCUT2D eigenvalue weighted by Gasteiger charge is 2.55. The number of aliphatic hydroxyl groups is 17. The van der Waals surface area contributed by atoms with Crippen molar-refractivity contribution in [3.05, 3.63) is 12.7 Å². The number of nitrogens with one attached hydrogen (secondary N) is 2. The molecular weight excluding hydrogens is 1140 g/mol. The van der Waals surface area contributed by atoms with Crippen molar-refractivity contribution >= 4 is 11.8 Å². The molecule has 35 nitrogen and oxygen atoms in total. The van der Waals surface area contributed by atoms with Gasteiger partial charge in [-0.05, 0) is 12.8 Å². The van der Waals surface area contributed by atoms with Crippen LogP contribution in [0.15, 0.2) is 12.7 Å². The van der Waals surface area contributed by atoms with E-state index in [0.717, 1.165) is 13.8 Å². The Morgan fingerprint density at radius 3 is 1.11 bits per heavy atom. The molecule has 6 fully saturated rings. The van der Waals surface area contributed by atoms with Gasteiger partial charge in [0.25, 0.3) is 0 Å². The first-order valence-electron chi connectivity index (χ1n) is 27.3. The fourth-order valence-corrected chi connectivity index (χ4v) is 10.3. The van der Waals surface area contributed by atoms with Gasteiger partial charge >= 0.3 is 0 Å². The standard InChI is InChI=1S/C49H84N2O33/c1-4-7-73-46-38(69)34(65)40(22(14-54)80-46)71-9-6-11-75-45-27(51-19(3)58)31(62)43(84-49-37(68)33(64)29(60)21(13-53)78-49)25(82-45)17-76-47-39(70)35(66)41(23(15-55)81-47)72-8-5-10-74-44-26(50-18(2)57)30(61)42(24(16-56)79-44)83-48-36(67)32(63)28(59)20(12-52)77-48/h4,20-49,52-56,59-70H,1,5-17H2,2-3H3,(H,50,57)(H,51,58)/t20-,21-,22-,23-,24-,25-,26-,27-,28+,29+,30-,31-,32+,33+,34-,35-,36-,37-,38-,39-,40-,41-,42-,43-,44-,45-,46-,47-,48+,49+/m1/s1. The number of carbonyl (C=O) groups excluding carboxylic acids is 2. The zero-order valence-electron chi connectivity index (χ0n) is 45.9. The molecule has 0 aliphatic carbocycles. The second-order valence-electron chi connectivity index (χ2n) is 20.8. The molecule has 6 aliphatic heterocycles. The number of amides is 2. The van der Waals surface area contributed by atoms with Crippen LogP contribution in [0, 0.1) is 0 Å². The lowest BCUT2D eigenvalue weighted by atomic mass is 9.95. The summed E-state index contributed by atoms with van der Waals surface area (Å²) in [4.78, 5) is 24.8. The van der Waals surface area contributed by atoms with Crippen molar-refractivity contribution in [1.82, 2.24) is 10.6 Å². The Hall–Kier alpha value is -2.56. The monoisotopic (exact) mass is 1230 g/mol. The smallest absolute Gasteiger partial charge is 0.217 e. The molecule has 0 aromatic carbocycles. The van der Waals surface area contributed by atoms with Gasteiger partial charge in [0.1, 0.15) is 146 Å². The van der Waals surface area contributed by atoms with Gasteiger partial charge in [-0.1, -0.05) is 6.08 Å². The summed E-state index contributed by atoms with van der Waals surface area (Å²) in [5, 5.41) is 185. The lowest BCUT2D eigenvalue weighted by Gasteiger charge is -2.48. The molecule has 0 spiro atoms. The summed E-state index contributed by atoms with van der Waals surface area (Å²) in [6.07, 6.45) is -44.4. The SMILES string of the molecule is C=CCO[C@@H]1O[C@H](CO)[C@@H](OCCCO[C@@H]2O[C@H](CO[C@@H]3O[C@H](CO)[C@@H](OCCCO[C@@H]4O[C@H](CO)[C@@H](O[C@@H]5O[C@H](CO)[C@H](O)[C@H](O)[C@H]5O)[C@H](O)[C@H]4NC(C)=O)[C@H](O)[C@H]3O)[C@@H](O[C@@H]3O[C@H](CO)[C@H](O)[C@H](O)[C@H]3O)[C@H](O)[C@H]2NC(C)=O)[C@H](O)[C@H]1O. The van der Waals surface area contributed by atoms with Crippen LogP contribution in [0.3, 0.4) is 0 Å². The summed E-state index contributed by atoms with van der Waals surface area (Å²) in [7, 11) is 0. The highest BCUT2D eigenvalue weighted by molar-refractivity contribution is 5.73. The third-order valence-electron chi connectivity index (χ3n) is 14.8. The summed E-state index contributed by atoms with van der Waals surface area (Å²) < 4.78 is 80.6. The van der Waals surface area contributed by atoms with E-state index in [1.165, 1.54) is 6.08 Å². The third-order valence-corrected chi connectivity index (χ3v) is 14.8. The molecule has 30 atom stereocenters. The van der Waals surface area contributed by atoms with Gasteiger partial charge < -0.3 is 164 Å². The van der Waals surface area contributed by atoms with Gasteiger partial charge in [-0.25, -0.2) is 0 Å². The number of carbonyl (C=O) groups is 2. The van der Waals surface area contributed by atoms with E-state index >= 15 is 0 Å². The van der Waals surface area contributed by atoms with Gasteiger partial charge in [0, 0.05) is 27.1 Å². The van der Waals surface area contributed by atoms with Gasteiger partial charge in [0.2, 0.25) is 11.8 Å². The molecule has 0 aromatic heterocycles. The maximum Gasteiger partial charge on any atom is 0.217 e. The quantitative estimate of drug-likeness (QED) is 0.0244. The molecule has 0 bridgehead atoms. The van der Waals surface area contributed by atoms with E-state index < -0.39 is 236 Å². The van der Waals surface area contributed by atoms with Gasteiger partial charge in [-0.2, -0.15) is 0 Å². The highest BCUT2D eigenvalue weighted by atomic mass is 16.8. The van der Waals surface area contributed by atoms with Crippen LogP contribution >= 0.6 is 0 Å². The fraction of sp³-hybridized carbons (Fsp3) is 0.918. The van der Waals surface area contributed by atoms with E-state index in [-0.39, 0.29) is 45.9 Å². The Bertz CT molecular complexity index is 1970. The van der Waals surface area contributed by atoms with Gasteiger partial charge in [-0.15, -0.1) is 6.58 Å². The zero-order chi connectivity index (χ0) is 61.7. The summed E-state index contributed by atoms with van der Waals surface area (Å²) >= 11 is 0. The van der Waals surface area contributed by atoms with Gasteiger partial charge in [0.15, 0.2) is 37.7 Å². The van der Waals surface area contributed by atoms with Crippen molar-refractivity contribution < 1.29 is 163 Å². The molecule has 6 rings (SSSR count). The molecule has 488 valence electrons. The number of ether oxygens (including phenoxy) is 14. The minimum Gasteiger partial charge on any atom is -0.394 e. The second-order valence-corrected chi connectivity index (χ2v) is 20.8. The van der Waals surface area contributed by atoms with E-state index in [2.05, 4.69) is 17.2 Å². The van der Waals surface area contributed by atoms with Crippen LogP contribution in [0.1, 0.15) is 26.7 Å². The maximum absolute atomic E-state index is 12.5. The first-order valence-corrected chi connectivity index (χ1v) is 27.3. The van der Waals surface area contributed by atoms with Crippen LogP contribution in [-0.2, 0) is 75.9 Å². The predicted octanol–water partition coefficient (Wildman–Crippen LogP) is -11.8.